The Kier molecular flexibility index (Phi) is 4.47. The van der Waals surface area contributed by atoms with Crippen molar-refractivity contribution in [2.75, 3.05) is 13.2 Å². The molecule has 0 saturated carbocycles. The molecule has 0 amide bonds. The minimum atomic E-state index is -0.490. The van der Waals surface area contributed by atoms with E-state index in [1.807, 2.05) is 0 Å². The highest BCUT2D eigenvalue weighted by Gasteiger charge is 2.12. The van der Waals surface area contributed by atoms with E-state index in [9.17, 15) is 0 Å². The predicted molar refractivity (Wildman–Crippen MR) is 53.7 cm³/mol. The standard InChI is InChI=1S/C9H13N5O/c1-2-3-11-8(6-10)9-7-14(4-5-15)13-12-9/h2,7-8,11,15H,1,3-5H2. The molecule has 1 unspecified atom stereocenters. The van der Waals surface area contributed by atoms with Crippen LogP contribution in [0.1, 0.15) is 11.7 Å². The van der Waals surface area contributed by atoms with Crippen molar-refractivity contribution < 1.29 is 5.11 Å². The molecule has 1 rings (SSSR count). The van der Waals surface area contributed by atoms with Gasteiger partial charge in [0.25, 0.3) is 0 Å². The SMILES string of the molecule is C=CCNC(C#N)c1cn(CCO)nn1. The number of hydrogen-bond donors (Lipinski definition) is 2. The number of hydrogen-bond acceptors (Lipinski definition) is 5. The highest BCUT2D eigenvalue weighted by atomic mass is 16.3. The zero-order valence-corrected chi connectivity index (χ0v) is 8.30. The summed E-state index contributed by atoms with van der Waals surface area (Å²) >= 11 is 0. The Morgan fingerprint density at radius 3 is 3.20 bits per heavy atom. The molecule has 0 saturated heterocycles. The van der Waals surface area contributed by atoms with Gasteiger partial charge < -0.3 is 5.11 Å². The van der Waals surface area contributed by atoms with E-state index >= 15 is 0 Å². The number of nitriles is 1. The Morgan fingerprint density at radius 1 is 1.80 bits per heavy atom. The lowest BCUT2D eigenvalue weighted by Crippen LogP contribution is -2.20. The van der Waals surface area contributed by atoms with Crippen LogP contribution in [0.25, 0.3) is 0 Å². The van der Waals surface area contributed by atoms with Gasteiger partial charge in [0.05, 0.1) is 25.4 Å². The lowest BCUT2D eigenvalue weighted by atomic mass is 10.2. The topological polar surface area (TPSA) is 86.8 Å². The first-order chi connectivity index (χ1) is 7.31. The molecule has 0 spiro atoms. The average Bonchev–Trinajstić information content (AvgIpc) is 2.68. The van der Waals surface area contributed by atoms with Crippen molar-refractivity contribution in [3.63, 3.8) is 0 Å². The van der Waals surface area contributed by atoms with E-state index in [1.165, 1.54) is 4.68 Å². The van der Waals surface area contributed by atoms with Gasteiger partial charge in [0.15, 0.2) is 0 Å². The fraction of sp³-hybridized carbons (Fsp3) is 0.444. The lowest BCUT2D eigenvalue weighted by Gasteiger charge is -2.04. The number of rotatable bonds is 6. The maximum atomic E-state index is 8.87. The van der Waals surface area contributed by atoms with Gasteiger partial charge in [-0.15, -0.1) is 11.7 Å². The minimum absolute atomic E-state index is 0.000106. The third-order valence-corrected chi connectivity index (χ3v) is 1.78. The van der Waals surface area contributed by atoms with Gasteiger partial charge in [0.2, 0.25) is 0 Å². The minimum Gasteiger partial charge on any atom is -0.394 e. The van der Waals surface area contributed by atoms with Crippen molar-refractivity contribution >= 4 is 0 Å². The first-order valence-electron chi connectivity index (χ1n) is 4.56. The van der Waals surface area contributed by atoms with Crippen molar-refractivity contribution in [2.24, 2.45) is 0 Å². The van der Waals surface area contributed by atoms with E-state index in [2.05, 4.69) is 28.3 Å². The first-order valence-corrected chi connectivity index (χ1v) is 4.56. The highest BCUT2D eigenvalue weighted by molar-refractivity contribution is 5.11. The van der Waals surface area contributed by atoms with Crippen LogP contribution in [0, 0.1) is 11.3 Å². The lowest BCUT2D eigenvalue weighted by molar-refractivity contribution is 0.268. The summed E-state index contributed by atoms with van der Waals surface area (Å²) in [7, 11) is 0. The normalized spacial score (nSPS) is 12.0. The van der Waals surface area contributed by atoms with Crippen LogP contribution in [0.2, 0.25) is 0 Å². The average molecular weight is 207 g/mol. The summed E-state index contributed by atoms with van der Waals surface area (Å²) in [4.78, 5) is 0. The first kappa shape index (κ1) is 11.4. The third kappa shape index (κ3) is 3.16. The summed E-state index contributed by atoms with van der Waals surface area (Å²) < 4.78 is 1.50. The fourth-order valence-corrected chi connectivity index (χ4v) is 1.07. The largest absolute Gasteiger partial charge is 0.394 e. The van der Waals surface area contributed by atoms with Gasteiger partial charge in [0.1, 0.15) is 11.7 Å². The molecular formula is C9H13N5O. The van der Waals surface area contributed by atoms with Crippen LogP contribution in [-0.4, -0.2) is 33.3 Å². The molecule has 6 nitrogen and oxygen atoms in total. The Morgan fingerprint density at radius 2 is 2.60 bits per heavy atom. The number of aromatic nitrogens is 3. The Labute approximate surface area is 87.8 Å². The van der Waals surface area contributed by atoms with Gasteiger partial charge in [-0.3, -0.25) is 5.32 Å². The van der Waals surface area contributed by atoms with E-state index in [1.54, 1.807) is 12.3 Å². The van der Waals surface area contributed by atoms with Gasteiger partial charge in [0, 0.05) is 6.54 Å². The predicted octanol–water partition coefficient (Wildman–Crippen LogP) is -0.389. The molecule has 80 valence electrons. The van der Waals surface area contributed by atoms with E-state index in [-0.39, 0.29) is 6.61 Å². The number of aliphatic hydroxyl groups is 1. The molecule has 1 atom stereocenters. The second kappa shape index (κ2) is 5.90. The molecule has 1 aromatic rings. The third-order valence-electron chi connectivity index (χ3n) is 1.78. The van der Waals surface area contributed by atoms with Crippen LogP contribution in [-0.2, 0) is 6.54 Å². The zero-order valence-electron chi connectivity index (χ0n) is 8.30. The summed E-state index contributed by atoms with van der Waals surface area (Å²) in [6, 6.07) is 1.58. The van der Waals surface area contributed by atoms with Crippen molar-refractivity contribution in [2.45, 2.75) is 12.6 Å². The summed E-state index contributed by atoms with van der Waals surface area (Å²) in [6.45, 7) is 4.46. The van der Waals surface area contributed by atoms with E-state index in [4.69, 9.17) is 10.4 Å². The molecule has 0 radical (unpaired) electrons. The highest BCUT2D eigenvalue weighted by Crippen LogP contribution is 2.06. The van der Waals surface area contributed by atoms with Crippen LogP contribution in [0.3, 0.4) is 0 Å². The second-order valence-corrected chi connectivity index (χ2v) is 2.89. The number of nitrogens with zero attached hydrogens (tertiary/aromatic N) is 4. The monoisotopic (exact) mass is 207 g/mol. The van der Waals surface area contributed by atoms with Crippen molar-refractivity contribution in [1.82, 2.24) is 20.3 Å². The molecule has 0 aliphatic carbocycles. The Bertz CT molecular complexity index is 354. The molecular weight excluding hydrogens is 194 g/mol. The van der Waals surface area contributed by atoms with E-state index in [0.29, 0.717) is 18.8 Å². The van der Waals surface area contributed by atoms with Gasteiger partial charge >= 0.3 is 0 Å². The summed E-state index contributed by atoms with van der Waals surface area (Å²) in [5.74, 6) is 0. The van der Waals surface area contributed by atoms with Crippen molar-refractivity contribution in [1.29, 1.82) is 5.26 Å². The quantitative estimate of drug-likeness (QED) is 0.620. The molecule has 1 heterocycles. The molecule has 0 aliphatic rings. The van der Waals surface area contributed by atoms with Crippen LogP contribution in [0.15, 0.2) is 18.9 Å². The summed E-state index contributed by atoms with van der Waals surface area (Å²) in [5.41, 5.74) is 0.549. The van der Waals surface area contributed by atoms with Crippen LogP contribution in [0.4, 0.5) is 0 Å². The summed E-state index contributed by atoms with van der Waals surface area (Å²) in [6.07, 6.45) is 3.31. The molecule has 0 fully saturated rings. The summed E-state index contributed by atoms with van der Waals surface area (Å²) in [5, 5.41) is 28.1. The second-order valence-electron chi connectivity index (χ2n) is 2.89. The van der Waals surface area contributed by atoms with Crippen molar-refractivity contribution in [3.8, 4) is 6.07 Å². The fourth-order valence-electron chi connectivity index (χ4n) is 1.07. The van der Waals surface area contributed by atoms with Gasteiger partial charge in [-0.25, -0.2) is 4.68 Å². The zero-order chi connectivity index (χ0) is 11.1. The van der Waals surface area contributed by atoms with E-state index in [0.717, 1.165) is 0 Å². The van der Waals surface area contributed by atoms with Crippen LogP contribution >= 0.6 is 0 Å². The van der Waals surface area contributed by atoms with Crippen LogP contribution in [0.5, 0.6) is 0 Å². The molecule has 0 aliphatic heterocycles. The Balaban J connectivity index is 2.66. The molecule has 1 aromatic heterocycles. The molecule has 15 heavy (non-hydrogen) atoms. The van der Waals surface area contributed by atoms with Gasteiger partial charge in [-0.1, -0.05) is 11.3 Å². The van der Waals surface area contributed by atoms with Crippen molar-refractivity contribution in [3.05, 3.63) is 24.5 Å². The molecule has 6 heteroatoms. The number of nitrogens with one attached hydrogen (secondary N) is 1. The van der Waals surface area contributed by atoms with Gasteiger partial charge in [-0.2, -0.15) is 5.26 Å². The molecule has 0 aromatic carbocycles. The van der Waals surface area contributed by atoms with E-state index < -0.39 is 6.04 Å². The maximum Gasteiger partial charge on any atom is 0.142 e. The Hall–Kier alpha value is -1.71. The molecule has 0 bridgehead atoms. The van der Waals surface area contributed by atoms with Crippen LogP contribution < -0.4 is 5.32 Å². The number of aliphatic hydroxyl groups excluding tert-OH is 1. The maximum absolute atomic E-state index is 8.87. The van der Waals surface area contributed by atoms with Gasteiger partial charge in [-0.05, 0) is 0 Å². The smallest absolute Gasteiger partial charge is 0.142 e. The molecule has 2 N–H and O–H groups in total.